The minimum Gasteiger partial charge on any atom is -0.451 e. The van der Waals surface area contributed by atoms with Crippen molar-refractivity contribution in [1.29, 1.82) is 0 Å². The number of carbonyl (C=O) groups excluding carboxylic acids is 2. The van der Waals surface area contributed by atoms with E-state index >= 15 is 0 Å². The third-order valence-corrected chi connectivity index (χ3v) is 3.94. The quantitative estimate of drug-likeness (QED) is 0.613. The standard InChI is InChI=1S/C12H18N2O4S/c1-5-7-8-11(6-2)9-19(17,13-10(3)15)14-12(16)18-4/h6,11H,2,8-9H2,1,3-4H3,(H,13,14,15,16,17)/t11-,19?/m0/s1. The molecule has 0 aromatic carbocycles. The molecule has 0 aliphatic rings. The molecular formula is C12H18N2O4S. The summed E-state index contributed by atoms with van der Waals surface area (Å²) in [5, 5.41) is 0. The van der Waals surface area contributed by atoms with Crippen LogP contribution in [0.25, 0.3) is 0 Å². The fraction of sp³-hybridized carbons (Fsp3) is 0.500. The number of allylic oxidation sites excluding steroid dienone is 1. The number of hydrogen-bond donors (Lipinski definition) is 1. The molecule has 0 spiro atoms. The molecular weight excluding hydrogens is 268 g/mol. The van der Waals surface area contributed by atoms with Crippen molar-refractivity contribution in [2.75, 3.05) is 12.9 Å². The normalized spacial score (nSPS) is 14.1. The van der Waals surface area contributed by atoms with E-state index in [0.29, 0.717) is 6.42 Å². The number of hydrogen-bond acceptors (Lipinski definition) is 4. The fourth-order valence-electron chi connectivity index (χ4n) is 1.22. The molecule has 0 bridgehead atoms. The lowest BCUT2D eigenvalue weighted by atomic mass is 10.1. The van der Waals surface area contributed by atoms with Gasteiger partial charge in [-0.1, -0.05) is 6.08 Å². The summed E-state index contributed by atoms with van der Waals surface area (Å²) >= 11 is 0. The van der Waals surface area contributed by atoms with Gasteiger partial charge in [0.1, 0.15) is 9.92 Å². The van der Waals surface area contributed by atoms with Crippen LogP contribution in [0.2, 0.25) is 0 Å². The third kappa shape index (κ3) is 7.26. The van der Waals surface area contributed by atoms with Crippen molar-refractivity contribution in [2.24, 2.45) is 10.3 Å². The van der Waals surface area contributed by atoms with E-state index in [4.69, 9.17) is 0 Å². The van der Waals surface area contributed by atoms with Crippen LogP contribution >= 0.6 is 0 Å². The van der Waals surface area contributed by atoms with Crippen molar-refractivity contribution in [1.82, 2.24) is 4.72 Å². The number of rotatable bonds is 5. The lowest BCUT2D eigenvalue weighted by Crippen LogP contribution is -2.33. The molecule has 2 atom stereocenters. The molecule has 0 saturated heterocycles. The number of ether oxygens (including phenoxy) is 1. The van der Waals surface area contributed by atoms with E-state index < -0.39 is 21.9 Å². The van der Waals surface area contributed by atoms with E-state index in [-0.39, 0.29) is 11.7 Å². The highest BCUT2D eigenvalue weighted by molar-refractivity contribution is 7.92. The molecule has 19 heavy (non-hydrogen) atoms. The van der Waals surface area contributed by atoms with Gasteiger partial charge in [0.15, 0.2) is 0 Å². The summed E-state index contributed by atoms with van der Waals surface area (Å²) in [6.07, 6.45) is 0.995. The van der Waals surface area contributed by atoms with Gasteiger partial charge in [-0.15, -0.1) is 22.8 Å². The lowest BCUT2D eigenvalue weighted by molar-refractivity contribution is -0.117. The van der Waals surface area contributed by atoms with Gasteiger partial charge in [0.05, 0.1) is 12.9 Å². The second kappa shape index (κ2) is 8.32. The molecule has 6 nitrogen and oxygen atoms in total. The van der Waals surface area contributed by atoms with E-state index in [1.165, 1.54) is 6.92 Å². The summed E-state index contributed by atoms with van der Waals surface area (Å²) in [7, 11) is -2.11. The van der Waals surface area contributed by atoms with Crippen LogP contribution in [0, 0.1) is 17.8 Å². The van der Waals surface area contributed by atoms with Gasteiger partial charge in [-0.3, -0.25) is 9.52 Å². The van der Waals surface area contributed by atoms with E-state index in [2.05, 4.69) is 32.2 Å². The van der Waals surface area contributed by atoms with Crippen LogP contribution in [-0.2, 0) is 19.4 Å². The molecule has 1 unspecified atom stereocenters. The van der Waals surface area contributed by atoms with Crippen molar-refractivity contribution < 1.29 is 18.5 Å². The summed E-state index contributed by atoms with van der Waals surface area (Å²) in [4.78, 5) is 22.2. The molecule has 0 rings (SSSR count). The summed E-state index contributed by atoms with van der Waals surface area (Å²) < 4.78 is 22.3. The smallest absolute Gasteiger partial charge is 0.442 e. The zero-order valence-electron chi connectivity index (χ0n) is 11.3. The zero-order chi connectivity index (χ0) is 14.9. The molecule has 0 saturated carbocycles. The average Bonchev–Trinajstić information content (AvgIpc) is 2.33. The topological polar surface area (TPSA) is 84.8 Å². The van der Waals surface area contributed by atoms with Crippen molar-refractivity contribution in [2.45, 2.75) is 20.3 Å². The summed E-state index contributed by atoms with van der Waals surface area (Å²) in [5.41, 5.74) is 0. The Labute approximate surface area is 113 Å². The maximum Gasteiger partial charge on any atom is 0.442 e. The Morgan fingerprint density at radius 3 is 2.63 bits per heavy atom. The largest absolute Gasteiger partial charge is 0.451 e. The third-order valence-electron chi connectivity index (χ3n) is 2.01. The Bertz CT molecular complexity index is 522. The molecule has 0 aliphatic carbocycles. The van der Waals surface area contributed by atoms with E-state index in [0.717, 1.165) is 7.11 Å². The maximum absolute atomic E-state index is 12.4. The van der Waals surface area contributed by atoms with Crippen molar-refractivity contribution in [3.8, 4) is 11.8 Å². The Morgan fingerprint density at radius 2 is 2.21 bits per heavy atom. The highest BCUT2D eigenvalue weighted by Crippen LogP contribution is 2.09. The zero-order valence-corrected chi connectivity index (χ0v) is 12.1. The van der Waals surface area contributed by atoms with Gasteiger partial charge in [-0.05, 0) is 6.92 Å². The number of nitrogens with zero attached hydrogens (tertiary/aromatic N) is 1. The minimum absolute atomic E-state index is 0.0418. The van der Waals surface area contributed by atoms with Crippen molar-refractivity contribution >= 4 is 21.9 Å². The first-order valence-corrected chi connectivity index (χ1v) is 7.18. The van der Waals surface area contributed by atoms with E-state index in [1.54, 1.807) is 13.0 Å². The number of amides is 2. The van der Waals surface area contributed by atoms with Crippen LogP contribution in [0.3, 0.4) is 0 Å². The molecule has 106 valence electrons. The van der Waals surface area contributed by atoms with Crippen LogP contribution in [0.15, 0.2) is 17.0 Å². The summed E-state index contributed by atoms with van der Waals surface area (Å²) in [6, 6.07) is 0. The van der Waals surface area contributed by atoms with Crippen molar-refractivity contribution in [3.05, 3.63) is 12.7 Å². The molecule has 0 heterocycles. The van der Waals surface area contributed by atoms with Crippen molar-refractivity contribution in [3.63, 3.8) is 0 Å². The van der Waals surface area contributed by atoms with Gasteiger partial charge in [-0.25, -0.2) is 9.00 Å². The van der Waals surface area contributed by atoms with Crippen LogP contribution in [0.4, 0.5) is 4.79 Å². The predicted molar refractivity (Wildman–Crippen MR) is 73.4 cm³/mol. The van der Waals surface area contributed by atoms with Crippen LogP contribution in [0.1, 0.15) is 20.3 Å². The van der Waals surface area contributed by atoms with Crippen LogP contribution in [-0.4, -0.2) is 29.1 Å². The number of carbonyl (C=O) groups is 2. The molecule has 0 aliphatic heterocycles. The fourth-order valence-corrected chi connectivity index (χ4v) is 3.02. The Balaban J connectivity index is 5.24. The van der Waals surface area contributed by atoms with Gasteiger partial charge in [0.25, 0.3) is 0 Å². The number of methoxy groups -OCH3 is 1. The first-order valence-electron chi connectivity index (χ1n) is 5.50. The molecule has 1 N–H and O–H groups in total. The SMILES string of the molecule is C=C[C@@H](CC#CC)CS(=O)(=NC(=O)OC)NC(C)=O. The monoisotopic (exact) mass is 286 g/mol. The highest BCUT2D eigenvalue weighted by atomic mass is 32.2. The van der Waals surface area contributed by atoms with Gasteiger partial charge in [0.2, 0.25) is 5.91 Å². The summed E-state index contributed by atoms with van der Waals surface area (Å²) in [5.74, 6) is 4.70. The van der Waals surface area contributed by atoms with E-state index in [9.17, 15) is 13.8 Å². The molecule has 0 aromatic heterocycles. The van der Waals surface area contributed by atoms with Gasteiger partial charge >= 0.3 is 6.09 Å². The highest BCUT2D eigenvalue weighted by Gasteiger charge is 2.18. The maximum atomic E-state index is 12.4. The van der Waals surface area contributed by atoms with Crippen LogP contribution < -0.4 is 4.72 Å². The average molecular weight is 286 g/mol. The predicted octanol–water partition coefficient (Wildman–Crippen LogP) is 1.49. The Morgan fingerprint density at radius 1 is 1.58 bits per heavy atom. The second-order valence-electron chi connectivity index (χ2n) is 3.65. The molecule has 2 amide bonds. The first kappa shape index (κ1) is 17.2. The second-order valence-corrected chi connectivity index (χ2v) is 5.65. The minimum atomic E-state index is -3.23. The molecule has 0 fully saturated rings. The summed E-state index contributed by atoms with van der Waals surface area (Å²) in [6.45, 7) is 6.49. The number of nitrogens with one attached hydrogen (secondary N) is 1. The molecule has 0 radical (unpaired) electrons. The van der Waals surface area contributed by atoms with E-state index in [1.807, 2.05) is 0 Å². The molecule has 0 aromatic rings. The first-order chi connectivity index (χ1) is 8.86. The molecule has 7 heteroatoms. The Kier molecular flexibility index (Phi) is 7.53. The van der Waals surface area contributed by atoms with Gasteiger partial charge in [-0.2, -0.15) is 0 Å². The van der Waals surface area contributed by atoms with Crippen LogP contribution in [0.5, 0.6) is 0 Å². The van der Waals surface area contributed by atoms with Gasteiger partial charge in [0, 0.05) is 19.3 Å². The lowest BCUT2D eigenvalue weighted by Gasteiger charge is -2.14. The Hall–Kier alpha value is -1.81. The van der Waals surface area contributed by atoms with Gasteiger partial charge < -0.3 is 4.74 Å².